The number of carbonyl (C=O) groups excluding carboxylic acids is 1. The molecule has 2 aromatic carbocycles. The molecule has 128 valence electrons. The van der Waals surface area contributed by atoms with Crippen LogP contribution in [0.1, 0.15) is 24.5 Å². The minimum atomic E-state index is -0.171. The number of nitrogens with one attached hydrogen (secondary N) is 1. The van der Waals surface area contributed by atoms with E-state index in [2.05, 4.69) is 10.3 Å². The van der Waals surface area contributed by atoms with Gasteiger partial charge in [0.2, 0.25) is 0 Å². The van der Waals surface area contributed by atoms with Gasteiger partial charge in [-0.15, -0.1) is 0 Å². The molecule has 0 unspecified atom stereocenters. The maximum absolute atomic E-state index is 12.1. The van der Waals surface area contributed by atoms with Gasteiger partial charge in [0.05, 0.1) is 6.61 Å². The number of benzene rings is 2. The Morgan fingerprint density at radius 2 is 1.96 bits per heavy atom. The maximum Gasteiger partial charge on any atom is 0.275 e. The molecular weight excluding hydrogens is 336 g/mol. The smallest absolute Gasteiger partial charge is 0.275 e. The molecule has 2 aromatic rings. The number of aryl methyl sites for hydroxylation is 1. The molecule has 0 aromatic heterocycles. The summed E-state index contributed by atoms with van der Waals surface area (Å²) in [6.45, 7) is 2.57. The van der Waals surface area contributed by atoms with Crippen molar-refractivity contribution >= 4 is 29.4 Å². The van der Waals surface area contributed by atoms with Crippen LogP contribution in [0.15, 0.2) is 59.2 Å². The van der Waals surface area contributed by atoms with Crippen molar-refractivity contribution in [2.24, 2.45) is 4.99 Å². The molecule has 3 rings (SSSR count). The molecule has 1 aliphatic rings. The molecule has 0 radical (unpaired) electrons. The summed E-state index contributed by atoms with van der Waals surface area (Å²) in [5.74, 6) is 1.32. The monoisotopic (exact) mass is 354 g/mol. The van der Waals surface area contributed by atoms with Crippen LogP contribution >= 0.6 is 11.6 Å². The fraction of sp³-hybridized carbons (Fsp3) is 0.200. The van der Waals surface area contributed by atoms with Crippen LogP contribution in [0, 0.1) is 0 Å². The fourth-order valence-corrected chi connectivity index (χ4v) is 2.79. The summed E-state index contributed by atoms with van der Waals surface area (Å²) in [5.41, 5.74) is 2.45. The number of amides is 1. The molecule has 0 spiro atoms. The Morgan fingerprint density at radius 3 is 2.68 bits per heavy atom. The number of amidine groups is 1. The van der Waals surface area contributed by atoms with Crippen LogP contribution in [0.5, 0.6) is 5.75 Å². The number of halogens is 1. The summed E-state index contributed by atoms with van der Waals surface area (Å²) in [5, 5.41) is 3.54. The largest absolute Gasteiger partial charge is 0.494 e. The van der Waals surface area contributed by atoms with Gasteiger partial charge in [-0.3, -0.25) is 4.79 Å². The molecule has 1 N–H and O–H groups in total. The molecule has 0 saturated heterocycles. The normalized spacial score (nSPS) is 15.2. The van der Waals surface area contributed by atoms with E-state index < -0.39 is 0 Å². The Hall–Kier alpha value is -2.59. The van der Waals surface area contributed by atoms with Gasteiger partial charge >= 0.3 is 0 Å². The Labute approximate surface area is 152 Å². The molecule has 25 heavy (non-hydrogen) atoms. The van der Waals surface area contributed by atoms with E-state index in [-0.39, 0.29) is 5.91 Å². The van der Waals surface area contributed by atoms with Crippen LogP contribution in [-0.2, 0) is 11.2 Å². The lowest BCUT2D eigenvalue weighted by Gasteiger charge is -2.02. The average Bonchev–Trinajstić information content (AvgIpc) is 2.95. The predicted octanol–water partition coefficient (Wildman–Crippen LogP) is 4.24. The minimum Gasteiger partial charge on any atom is -0.494 e. The minimum absolute atomic E-state index is 0.171. The molecule has 0 fully saturated rings. The number of hydrogen-bond donors (Lipinski definition) is 1. The van der Waals surface area contributed by atoms with Gasteiger partial charge in [0.15, 0.2) is 0 Å². The van der Waals surface area contributed by atoms with Crippen LogP contribution in [0.2, 0.25) is 5.02 Å². The lowest BCUT2D eigenvalue weighted by molar-refractivity contribution is -0.115. The number of carbonyl (C=O) groups is 1. The second-order valence-electron chi connectivity index (χ2n) is 5.67. The molecule has 0 bridgehead atoms. The van der Waals surface area contributed by atoms with E-state index in [9.17, 15) is 4.79 Å². The summed E-state index contributed by atoms with van der Waals surface area (Å²) in [4.78, 5) is 16.5. The molecule has 4 nitrogen and oxygen atoms in total. The van der Waals surface area contributed by atoms with Crippen molar-refractivity contribution in [2.45, 2.75) is 19.8 Å². The Morgan fingerprint density at radius 1 is 1.16 bits per heavy atom. The summed E-state index contributed by atoms with van der Waals surface area (Å²) in [6, 6.07) is 15.3. The molecule has 5 heteroatoms. The highest BCUT2D eigenvalue weighted by atomic mass is 35.5. The highest BCUT2D eigenvalue weighted by molar-refractivity contribution is 6.30. The first kappa shape index (κ1) is 17.2. The number of hydrogen-bond acceptors (Lipinski definition) is 3. The Bertz CT molecular complexity index is 826. The van der Waals surface area contributed by atoms with E-state index in [0.29, 0.717) is 29.6 Å². The van der Waals surface area contributed by atoms with Crippen molar-refractivity contribution in [3.8, 4) is 5.75 Å². The Balaban J connectivity index is 1.67. The van der Waals surface area contributed by atoms with Crippen molar-refractivity contribution in [3.05, 3.63) is 70.4 Å². The number of rotatable bonds is 6. The van der Waals surface area contributed by atoms with Gasteiger partial charge in [-0.1, -0.05) is 35.9 Å². The van der Waals surface area contributed by atoms with Gasteiger partial charge in [0.25, 0.3) is 5.91 Å². The topological polar surface area (TPSA) is 50.7 Å². The van der Waals surface area contributed by atoms with Gasteiger partial charge in [0.1, 0.15) is 17.3 Å². The van der Waals surface area contributed by atoms with Gasteiger partial charge < -0.3 is 10.1 Å². The van der Waals surface area contributed by atoms with E-state index in [4.69, 9.17) is 16.3 Å². The second-order valence-corrected chi connectivity index (χ2v) is 6.11. The lowest BCUT2D eigenvalue weighted by Crippen LogP contribution is -2.24. The predicted molar refractivity (Wildman–Crippen MR) is 101 cm³/mol. The van der Waals surface area contributed by atoms with Crippen LogP contribution in [0.3, 0.4) is 0 Å². The molecule has 1 amide bonds. The Kier molecular flexibility index (Phi) is 5.51. The standard InChI is InChI=1S/C20H19ClN2O2/c1-2-25-17-9-6-15(7-10-17)13-18-20(24)23-19(22-18)11-8-14-4-3-5-16(21)12-14/h3-7,9-10,12-13H,2,8,11H2,1H3,(H,22,23,24)/b18-13+. The average molecular weight is 355 g/mol. The van der Waals surface area contributed by atoms with Gasteiger partial charge in [-0.05, 0) is 54.8 Å². The molecule has 1 aliphatic heterocycles. The van der Waals surface area contributed by atoms with Crippen LogP contribution in [-0.4, -0.2) is 18.3 Å². The van der Waals surface area contributed by atoms with Gasteiger partial charge in [0, 0.05) is 11.4 Å². The van der Waals surface area contributed by atoms with Crippen LogP contribution in [0.25, 0.3) is 6.08 Å². The molecule has 0 atom stereocenters. The molecule has 1 heterocycles. The first-order valence-corrected chi connectivity index (χ1v) is 8.60. The zero-order valence-corrected chi connectivity index (χ0v) is 14.7. The van der Waals surface area contributed by atoms with Crippen LogP contribution < -0.4 is 10.1 Å². The maximum atomic E-state index is 12.1. The summed E-state index contributed by atoms with van der Waals surface area (Å²) >= 11 is 5.99. The van der Waals surface area contributed by atoms with E-state index in [1.54, 1.807) is 6.08 Å². The number of aliphatic imine (C=N–C) groups is 1. The number of nitrogens with zero attached hydrogens (tertiary/aromatic N) is 1. The van der Waals surface area contributed by atoms with Crippen molar-refractivity contribution in [2.75, 3.05) is 6.61 Å². The van der Waals surface area contributed by atoms with E-state index in [1.807, 2.05) is 55.5 Å². The van der Waals surface area contributed by atoms with E-state index in [0.717, 1.165) is 23.3 Å². The summed E-state index contributed by atoms with van der Waals surface area (Å²) < 4.78 is 5.41. The van der Waals surface area contributed by atoms with Crippen molar-refractivity contribution in [1.29, 1.82) is 0 Å². The molecular formula is C20H19ClN2O2. The quantitative estimate of drug-likeness (QED) is 0.789. The number of ether oxygens (including phenoxy) is 1. The second kappa shape index (κ2) is 7.99. The van der Waals surface area contributed by atoms with E-state index >= 15 is 0 Å². The first-order chi connectivity index (χ1) is 12.1. The third-order valence-corrected chi connectivity index (χ3v) is 4.01. The van der Waals surface area contributed by atoms with Crippen molar-refractivity contribution in [3.63, 3.8) is 0 Å². The highest BCUT2D eigenvalue weighted by Crippen LogP contribution is 2.18. The van der Waals surface area contributed by atoms with E-state index in [1.165, 1.54) is 0 Å². The third kappa shape index (κ3) is 4.70. The molecule has 0 saturated carbocycles. The van der Waals surface area contributed by atoms with Crippen molar-refractivity contribution < 1.29 is 9.53 Å². The lowest BCUT2D eigenvalue weighted by atomic mass is 10.1. The van der Waals surface area contributed by atoms with Crippen molar-refractivity contribution in [1.82, 2.24) is 5.32 Å². The fourth-order valence-electron chi connectivity index (χ4n) is 2.58. The first-order valence-electron chi connectivity index (χ1n) is 8.22. The van der Waals surface area contributed by atoms with Gasteiger partial charge in [-0.25, -0.2) is 4.99 Å². The third-order valence-electron chi connectivity index (χ3n) is 3.78. The highest BCUT2D eigenvalue weighted by Gasteiger charge is 2.19. The summed E-state index contributed by atoms with van der Waals surface area (Å²) in [6.07, 6.45) is 3.21. The summed E-state index contributed by atoms with van der Waals surface area (Å²) in [7, 11) is 0. The zero-order valence-electron chi connectivity index (χ0n) is 14.0. The SMILES string of the molecule is CCOc1ccc(/C=C2/N=C(CCc3cccc(Cl)c3)NC2=O)cc1. The van der Waals surface area contributed by atoms with Gasteiger partial charge in [-0.2, -0.15) is 0 Å². The molecule has 0 aliphatic carbocycles. The van der Waals surface area contributed by atoms with Crippen LogP contribution in [0.4, 0.5) is 0 Å². The zero-order chi connectivity index (χ0) is 17.6.